The van der Waals surface area contributed by atoms with Crippen molar-refractivity contribution in [2.24, 2.45) is 5.10 Å². The van der Waals surface area contributed by atoms with Crippen molar-refractivity contribution in [3.8, 4) is 0 Å². The van der Waals surface area contributed by atoms with E-state index in [1.165, 1.54) is 30.6 Å². The van der Waals surface area contributed by atoms with E-state index in [-0.39, 0.29) is 11.8 Å². The van der Waals surface area contributed by atoms with Gasteiger partial charge in [0.2, 0.25) is 11.8 Å². The first-order chi connectivity index (χ1) is 10.5. The van der Waals surface area contributed by atoms with Crippen molar-refractivity contribution >= 4 is 28.7 Å². The van der Waals surface area contributed by atoms with Crippen LogP contribution in [-0.4, -0.2) is 22.0 Å². The standard InChI is InChI=1S/C16H21N3O2S/c1-4-5-11-16(14-9-7-6-8-10-14)19(13(3)21)18-15(22-16)17-12(2)20/h6-10H,4-5,11H2,1-3H3,(H,17,18,20)/t16-/m0/s1. The van der Waals surface area contributed by atoms with Gasteiger partial charge in [-0.1, -0.05) is 61.9 Å². The normalized spacial score (nSPS) is 20.7. The van der Waals surface area contributed by atoms with E-state index in [1.54, 1.807) is 0 Å². The smallest absolute Gasteiger partial charge is 0.241 e. The van der Waals surface area contributed by atoms with Gasteiger partial charge >= 0.3 is 0 Å². The van der Waals surface area contributed by atoms with Crippen molar-refractivity contribution in [2.75, 3.05) is 0 Å². The van der Waals surface area contributed by atoms with Gasteiger partial charge in [0.25, 0.3) is 0 Å². The van der Waals surface area contributed by atoms with E-state index in [2.05, 4.69) is 17.3 Å². The summed E-state index contributed by atoms with van der Waals surface area (Å²) >= 11 is 1.44. The lowest BCUT2D eigenvalue weighted by atomic mass is 9.99. The van der Waals surface area contributed by atoms with Gasteiger partial charge in [-0.2, -0.15) is 0 Å². The van der Waals surface area contributed by atoms with E-state index in [9.17, 15) is 9.59 Å². The zero-order chi connectivity index (χ0) is 16.2. The quantitative estimate of drug-likeness (QED) is 0.928. The molecule has 2 amide bonds. The molecular formula is C16H21N3O2S. The van der Waals surface area contributed by atoms with Crippen LogP contribution in [0.4, 0.5) is 0 Å². The molecule has 1 N–H and O–H groups in total. The van der Waals surface area contributed by atoms with E-state index in [4.69, 9.17) is 0 Å². The van der Waals surface area contributed by atoms with Crippen LogP contribution in [0.1, 0.15) is 45.6 Å². The summed E-state index contributed by atoms with van der Waals surface area (Å²) in [5, 5.41) is 9.03. The van der Waals surface area contributed by atoms with Gasteiger partial charge in [-0.25, -0.2) is 5.01 Å². The molecule has 1 aliphatic heterocycles. The molecule has 0 spiro atoms. The molecule has 1 aromatic carbocycles. The Morgan fingerprint density at radius 2 is 1.95 bits per heavy atom. The highest BCUT2D eigenvalue weighted by Gasteiger charge is 2.47. The lowest BCUT2D eigenvalue weighted by Gasteiger charge is -2.35. The number of rotatable bonds is 4. The zero-order valence-corrected chi connectivity index (χ0v) is 13.9. The lowest BCUT2D eigenvalue weighted by molar-refractivity contribution is -0.132. The highest BCUT2D eigenvalue weighted by molar-refractivity contribution is 8.14. The molecule has 1 atom stereocenters. The van der Waals surface area contributed by atoms with Gasteiger partial charge in [-0.15, -0.1) is 5.10 Å². The maximum absolute atomic E-state index is 12.1. The molecule has 2 rings (SSSR count). The lowest BCUT2D eigenvalue weighted by Crippen LogP contribution is -2.40. The van der Waals surface area contributed by atoms with E-state index in [1.807, 2.05) is 30.3 Å². The van der Waals surface area contributed by atoms with Gasteiger partial charge in [0.1, 0.15) is 4.87 Å². The average molecular weight is 319 g/mol. The largest absolute Gasteiger partial charge is 0.304 e. The van der Waals surface area contributed by atoms with E-state index < -0.39 is 4.87 Å². The Labute approximate surface area is 135 Å². The zero-order valence-electron chi connectivity index (χ0n) is 13.1. The summed E-state index contributed by atoms with van der Waals surface area (Å²) in [4.78, 5) is 22.9. The Kier molecular flexibility index (Phi) is 5.24. The summed E-state index contributed by atoms with van der Waals surface area (Å²) in [5.74, 6) is -0.318. The number of amides is 2. The van der Waals surface area contributed by atoms with Crippen molar-refractivity contribution < 1.29 is 9.59 Å². The number of hydrogen-bond donors (Lipinski definition) is 1. The first kappa shape index (κ1) is 16.5. The number of nitrogens with one attached hydrogen (secondary N) is 1. The van der Waals surface area contributed by atoms with E-state index in [0.717, 1.165) is 24.8 Å². The summed E-state index contributed by atoms with van der Waals surface area (Å²) in [6.07, 6.45) is 2.77. The number of unbranched alkanes of at least 4 members (excludes halogenated alkanes) is 1. The van der Waals surface area contributed by atoms with Crippen LogP contribution in [0.25, 0.3) is 0 Å². The predicted octanol–water partition coefficient (Wildman–Crippen LogP) is 3.03. The number of carbonyl (C=O) groups excluding carboxylic acids is 2. The number of hydrogen-bond acceptors (Lipinski definition) is 4. The highest BCUT2D eigenvalue weighted by atomic mass is 32.2. The second kappa shape index (κ2) is 6.96. The van der Waals surface area contributed by atoms with Gasteiger partial charge in [-0.3, -0.25) is 9.59 Å². The molecule has 118 valence electrons. The van der Waals surface area contributed by atoms with Crippen LogP contribution in [0.15, 0.2) is 35.4 Å². The van der Waals surface area contributed by atoms with Crippen molar-refractivity contribution in [1.82, 2.24) is 10.3 Å². The molecule has 1 aliphatic rings. The van der Waals surface area contributed by atoms with Crippen molar-refractivity contribution in [1.29, 1.82) is 0 Å². The molecule has 5 nitrogen and oxygen atoms in total. The molecule has 0 saturated carbocycles. The molecule has 0 radical (unpaired) electrons. The Hall–Kier alpha value is -1.82. The van der Waals surface area contributed by atoms with Gasteiger partial charge < -0.3 is 5.32 Å². The monoisotopic (exact) mass is 319 g/mol. The van der Waals surface area contributed by atoms with Gasteiger partial charge in [0.05, 0.1) is 0 Å². The Morgan fingerprint density at radius 3 is 2.50 bits per heavy atom. The number of benzene rings is 1. The second-order valence-corrected chi connectivity index (χ2v) is 6.54. The third-order valence-corrected chi connectivity index (χ3v) is 4.80. The first-order valence-corrected chi connectivity index (χ1v) is 8.23. The molecule has 1 aromatic rings. The van der Waals surface area contributed by atoms with Crippen LogP contribution in [0, 0.1) is 0 Å². The van der Waals surface area contributed by atoms with Crippen LogP contribution >= 0.6 is 11.8 Å². The fourth-order valence-corrected chi connectivity index (χ4v) is 3.91. The minimum atomic E-state index is -0.582. The molecular weight excluding hydrogens is 298 g/mol. The average Bonchev–Trinajstić information content (AvgIpc) is 2.85. The van der Waals surface area contributed by atoms with Gasteiger partial charge in [0, 0.05) is 13.8 Å². The SMILES string of the molecule is CCCC[C@@]1(c2ccccc2)SC(NC(C)=O)=NN1C(C)=O. The molecule has 0 unspecified atom stereocenters. The number of amidine groups is 1. The minimum Gasteiger partial charge on any atom is -0.304 e. The maximum atomic E-state index is 12.1. The van der Waals surface area contributed by atoms with Crippen molar-refractivity contribution in [2.45, 2.75) is 44.9 Å². The summed E-state index contributed by atoms with van der Waals surface area (Å²) < 4.78 is 0. The van der Waals surface area contributed by atoms with Gasteiger partial charge in [-0.05, 0) is 12.0 Å². The summed E-state index contributed by atoms with van der Waals surface area (Å²) in [7, 11) is 0. The van der Waals surface area contributed by atoms with Crippen molar-refractivity contribution in [3.63, 3.8) is 0 Å². The molecule has 0 aliphatic carbocycles. The first-order valence-electron chi connectivity index (χ1n) is 7.41. The fraction of sp³-hybridized carbons (Fsp3) is 0.438. The number of carbonyl (C=O) groups is 2. The van der Waals surface area contributed by atoms with Crippen LogP contribution < -0.4 is 5.32 Å². The Morgan fingerprint density at radius 1 is 1.27 bits per heavy atom. The van der Waals surface area contributed by atoms with Crippen LogP contribution in [0.5, 0.6) is 0 Å². The summed E-state index contributed by atoms with van der Waals surface area (Å²) in [6, 6.07) is 9.87. The summed E-state index contributed by atoms with van der Waals surface area (Å²) in [6.45, 7) is 5.06. The van der Waals surface area contributed by atoms with E-state index >= 15 is 0 Å². The Balaban J connectivity index is 2.43. The molecule has 6 heteroatoms. The molecule has 1 heterocycles. The Bertz CT molecular complexity index is 588. The summed E-state index contributed by atoms with van der Waals surface area (Å²) in [5.41, 5.74) is 1.02. The van der Waals surface area contributed by atoms with Crippen LogP contribution in [-0.2, 0) is 14.5 Å². The minimum absolute atomic E-state index is 0.132. The number of hydrazone groups is 1. The van der Waals surface area contributed by atoms with Gasteiger partial charge in [0.15, 0.2) is 5.17 Å². The predicted molar refractivity (Wildman–Crippen MR) is 89.0 cm³/mol. The topological polar surface area (TPSA) is 61.8 Å². The fourth-order valence-electron chi connectivity index (χ4n) is 2.52. The highest BCUT2D eigenvalue weighted by Crippen LogP contribution is 2.48. The van der Waals surface area contributed by atoms with E-state index in [0.29, 0.717) is 5.17 Å². The molecule has 22 heavy (non-hydrogen) atoms. The van der Waals surface area contributed by atoms with Crippen LogP contribution in [0.3, 0.4) is 0 Å². The molecule has 0 aromatic heterocycles. The molecule has 0 saturated heterocycles. The number of nitrogens with zero attached hydrogens (tertiary/aromatic N) is 2. The van der Waals surface area contributed by atoms with Crippen LogP contribution in [0.2, 0.25) is 0 Å². The molecule has 0 fully saturated rings. The second-order valence-electron chi connectivity index (χ2n) is 5.27. The number of thioether (sulfide) groups is 1. The third-order valence-electron chi connectivity index (χ3n) is 3.47. The third kappa shape index (κ3) is 3.32. The van der Waals surface area contributed by atoms with Crippen molar-refractivity contribution in [3.05, 3.63) is 35.9 Å². The molecule has 0 bridgehead atoms. The maximum Gasteiger partial charge on any atom is 0.241 e.